The van der Waals surface area contributed by atoms with Gasteiger partial charge in [0.05, 0.1) is 0 Å². The van der Waals surface area contributed by atoms with Gasteiger partial charge >= 0.3 is 0 Å². The highest BCUT2D eigenvalue weighted by molar-refractivity contribution is 5.42. The average Bonchev–Trinajstić information content (AvgIpc) is 2.39. The SMILES string of the molecule is CCN1CCN(c2cccc(C#N)n2)CC1. The average molecular weight is 216 g/mol. The topological polar surface area (TPSA) is 43.2 Å². The molecule has 0 aromatic carbocycles. The molecule has 4 nitrogen and oxygen atoms in total. The minimum atomic E-state index is 0.496. The second-order valence-electron chi connectivity index (χ2n) is 3.91. The standard InChI is InChI=1S/C12H16N4/c1-2-15-6-8-16(9-7-15)12-5-3-4-11(10-13)14-12/h3-5H,2,6-9H2,1H3. The van der Waals surface area contributed by atoms with E-state index in [1.54, 1.807) is 6.07 Å². The Balaban J connectivity index is 2.05. The van der Waals surface area contributed by atoms with Crippen molar-refractivity contribution in [2.45, 2.75) is 6.92 Å². The molecule has 1 fully saturated rings. The van der Waals surface area contributed by atoms with Gasteiger partial charge in [-0.05, 0) is 18.7 Å². The second kappa shape index (κ2) is 4.95. The molecule has 84 valence electrons. The maximum Gasteiger partial charge on any atom is 0.142 e. The van der Waals surface area contributed by atoms with Crippen molar-refractivity contribution in [3.8, 4) is 6.07 Å². The predicted octanol–water partition coefficient (Wildman–Crippen LogP) is 1.10. The van der Waals surface area contributed by atoms with Gasteiger partial charge < -0.3 is 9.80 Å². The summed E-state index contributed by atoms with van der Waals surface area (Å²) in [6.45, 7) is 7.44. The lowest BCUT2D eigenvalue weighted by atomic mass is 10.3. The number of piperazine rings is 1. The van der Waals surface area contributed by atoms with Crippen LogP contribution >= 0.6 is 0 Å². The Morgan fingerprint density at radius 2 is 2.06 bits per heavy atom. The van der Waals surface area contributed by atoms with E-state index < -0.39 is 0 Å². The zero-order valence-corrected chi connectivity index (χ0v) is 9.56. The van der Waals surface area contributed by atoms with Crippen LogP contribution in [0.4, 0.5) is 5.82 Å². The normalized spacial score (nSPS) is 17.1. The van der Waals surface area contributed by atoms with Crippen LogP contribution < -0.4 is 4.90 Å². The fourth-order valence-corrected chi connectivity index (χ4v) is 1.95. The smallest absolute Gasteiger partial charge is 0.142 e. The van der Waals surface area contributed by atoms with Crippen LogP contribution in [0.3, 0.4) is 0 Å². The third-order valence-corrected chi connectivity index (χ3v) is 2.99. The number of hydrogen-bond donors (Lipinski definition) is 0. The summed E-state index contributed by atoms with van der Waals surface area (Å²) in [6, 6.07) is 7.69. The van der Waals surface area contributed by atoms with E-state index in [0.29, 0.717) is 5.69 Å². The molecule has 0 N–H and O–H groups in total. The minimum absolute atomic E-state index is 0.496. The Morgan fingerprint density at radius 1 is 1.31 bits per heavy atom. The summed E-state index contributed by atoms with van der Waals surface area (Å²) in [7, 11) is 0. The highest BCUT2D eigenvalue weighted by Crippen LogP contribution is 2.13. The molecule has 16 heavy (non-hydrogen) atoms. The Morgan fingerprint density at radius 3 is 2.69 bits per heavy atom. The van der Waals surface area contributed by atoms with E-state index in [1.807, 2.05) is 12.1 Å². The van der Waals surface area contributed by atoms with Crippen LogP contribution in [0.5, 0.6) is 0 Å². The van der Waals surface area contributed by atoms with Crippen LogP contribution in [0.2, 0.25) is 0 Å². The quantitative estimate of drug-likeness (QED) is 0.742. The van der Waals surface area contributed by atoms with Gasteiger partial charge in [-0.25, -0.2) is 4.98 Å². The van der Waals surface area contributed by atoms with E-state index >= 15 is 0 Å². The fourth-order valence-electron chi connectivity index (χ4n) is 1.95. The third kappa shape index (κ3) is 2.31. The monoisotopic (exact) mass is 216 g/mol. The maximum atomic E-state index is 8.80. The van der Waals surface area contributed by atoms with Crippen molar-refractivity contribution in [1.82, 2.24) is 9.88 Å². The van der Waals surface area contributed by atoms with Crippen LogP contribution in [-0.4, -0.2) is 42.6 Å². The van der Waals surface area contributed by atoms with Crippen molar-refractivity contribution < 1.29 is 0 Å². The molecule has 4 heteroatoms. The van der Waals surface area contributed by atoms with Gasteiger partial charge in [-0.1, -0.05) is 13.0 Å². The van der Waals surface area contributed by atoms with Crippen molar-refractivity contribution in [3.63, 3.8) is 0 Å². The van der Waals surface area contributed by atoms with Crippen LogP contribution in [-0.2, 0) is 0 Å². The second-order valence-corrected chi connectivity index (χ2v) is 3.91. The van der Waals surface area contributed by atoms with E-state index in [-0.39, 0.29) is 0 Å². The number of nitrogens with zero attached hydrogens (tertiary/aromatic N) is 4. The summed E-state index contributed by atoms with van der Waals surface area (Å²) in [6.07, 6.45) is 0. The lowest BCUT2D eigenvalue weighted by Gasteiger charge is -2.34. The Hall–Kier alpha value is -1.60. The molecule has 0 saturated carbocycles. The molecular formula is C12H16N4. The van der Waals surface area contributed by atoms with E-state index in [0.717, 1.165) is 38.5 Å². The summed E-state index contributed by atoms with van der Waals surface area (Å²) in [5.41, 5.74) is 0.496. The van der Waals surface area contributed by atoms with E-state index in [2.05, 4.69) is 27.8 Å². The maximum absolute atomic E-state index is 8.80. The molecular weight excluding hydrogens is 200 g/mol. The molecule has 0 atom stereocenters. The summed E-state index contributed by atoms with van der Waals surface area (Å²) < 4.78 is 0. The molecule has 0 aliphatic carbocycles. The van der Waals surface area contributed by atoms with Crippen LogP contribution in [0.25, 0.3) is 0 Å². The molecule has 0 bridgehead atoms. The highest BCUT2D eigenvalue weighted by Gasteiger charge is 2.16. The van der Waals surface area contributed by atoms with Gasteiger partial charge in [-0.2, -0.15) is 5.26 Å². The Bertz CT molecular complexity index is 388. The van der Waals surface area contributed by atoms with Crippen molar-refractivity contribution in [2.24, 2.45) is 0 Å². The van der Waals surface area contributed by atoms with E-state index in [1.165, 1.54) is 0 Å². The van der Waals surface area contributed by atoms with Crippen molar-refractivity contribution >= 4 is 5.82 Å². The van der Waals surface area contributed by atoms with Crippen LogP contribution in [0.1, 0.15) is 12.6 Å². The van der Waals surface area contributed by atoms with Crippen LogP contribution in [0.15, 0.2) is 18.2 Å². The summed E-state index contributed by atoms with van der Waals surface area (Å²) in [5, 5.41) is 8.80. The van der Waals surface area contributed by atoms with E-state index in [9.17, 15) is 0 Å². The van der Waals surface area contributed by atoms with Crippen molar-refractivity contribution in [1.29, 1.82) is 5.26 Å². The molecule has 0 radical (unpaired) electrons. The lowest BCUT2D eigenvalue weighted by molar-refractivity contribution is 0.270. The zero-order chi connectivity index (χ0) is 11.4. The van der Waals surface area contributed by atoms with Gasteiger partial charge in [0.2, 0.25) is 0 Å². The first kappa shape index (κ1) is 10.9. The van der Waals surface area contributed by atoms with Crippen molar-refractivity contribution in [2.75, 3.05) is 37.6 Å². The molecule has 2 rings (SSSR count). The molecule has 0 unspecified atom stereocenters. The summed E-state index contributed by atoms with van der Waals surface area (Å²) in [5.74, 6) is 0.926. The molecule has 1 saturated heterocycles. The third-order valence-electron chi connectivity index (χ3n) is 2.99. The number of aromatic nitrogens is 1. The molecule has 1 aromatic heterocycles. The van der Waals surface area contributed by atoms with Gasteiger partial charge in [-0.15, -0.1) is 0 Å². The first-order chi connectivity index (χ1) is 7.83. The van der Waals surface area contributed by atoms with Gasteiger partial charge in [0.1, 0.15) is 17.6 Å². The first-order valence-electron chi connectivity index (χ1n) is 5.68. The molecule has 2 heterocycles. The minimum Gasteiger partial charge on any atom is -0.354 e. The predicted molar refractivity (Wildman–Crippen MR) is 63.3 cm³/mol. The largest absolute Gasteiger partial charge is 0.354 e. The fraction of sp³-hybridized carbons (Fsp3) is 0.500. The van der Waals surface area contributed by atoms with Gasteiger partial charge in [0, 0.05) is 26.2 Å². The molecule has 1 aliphatic rings. The number of pyridine rings is 1. The molecule has 0 spiro atoms. The van der Waals surface area contributed by atoms with Crippen molar-refractivity contribution in [3.05, 3.63) is 23.9 Å². The molecule has 0 amide bonds. The molecule has 1 aromatic rings. The van der Waals surface area contributed by atoms with E-state index in [4.69, 9.17) is 5.26 Å². The number of rotatable bonds is 2. The first-order valence-corrected chi connectivity index (χ1v) is 5.68. The number of anilines is 1. The number of hydrogen-bond acceptors (Lipinski definition) is 4. The van der Waals surface area contributed by atoms with Crippen LogP contribution in [0, 0.1) is 11.3 Å². The highest BCUT2D eigenvalue weighted by atomic mass is 15.3. The van der Waals surface area contributed by atoms with Gasteiger partial charge in [0.15, 0.2) is 0 Å². The lowest BCUT2D eigenvalue weighted by Crippen LogP contribution is -2.46. The molecule has 1 aliphatic heterocycles. The van der Waals surface area contributed by atoms with Gasteiger partial charge in [0.25, 0.3) is 0 Å². The number of likely N-dealkylation sites (N-methyl/N-ethyl adjacent to an activating group) is 1. The Labute approximate surface area is 96.1 Å². The Kier molecular flexibility index (Phi) is 3.37. The number of nitriles is 1. The zero-order valence-electron chi connectivity index (χ0n) is 9.56. The summed E-state index contributed by atoms with van der Waals surface area (Å²) in [4.78, 5) is 8.98. The van der Waals surface area contributed by atoms with Gasteiger partial charge in [-0.3, -0.25) is 0 Å². The summed E-state index contributed by atoms with van der Waals surface area (Å²) >= 11 is 0.